The fraction of sp³-hybridized carbons (Fsp3) is 0.353. The van der Waals surface area contributed by atoms with Crippen LogP contribution in [-0.4, -0.2) is 53.8 Å². The van der Waals surface area contributed by atoms with Gasteiger partial charge in [-0.25, -0.2) is 4.79 Å². The van der Waals surface area contributed by atoms with Gasteiger partial charge in [-0.15, -0.1) is 11.8 Å². The Morgan fingerprint density at radius 3 is 2.64 bits per heavy atom. The number of hydrogen-bond donors (Lipinski definition) is 2. The van der Waals surface area contributed by atoms with Crippen LogP contribution in [0.3, 0.4) is 0 Å². The van der Waals surface area contributed by atoms with Crippen LogP contribution < -0.4 is 11.1 Å². The summed E-state index contributed by atoms with van der Waals surface area (Å²) in [6.07, 6.45) is 0. The zero-order chi connectivity index (χ0) is 20.6. The van der Waals surface area contributed by atoms with E-state index in [4.69, 9.17) is 38.4 Å². The number of rotatable bonds is 5. The van der Waals surface area contributed by atoms with Gasteiger partial charge in [-0.05, 0) is 11.6 Å². The smallest absolute Gasteiger partial charge is 0.356 e. The second-order valence-electron chi connectivity index (χ2n) is 6.01. The Hall–Kier alpha value is -1.78. The van der Waals surface area contributed by atoms with E-state index >= 15 is 0 Å². The van der Waals surface area contributed by atoms with Crippen LogP contribution in [0.4, 0.5) is 0 Å². The minimum atomic E-state index is -1.68. The minimum absolute atomic E-state index is 0.0600. The first kappa shape index (κ1) is 20.9. The molecule has 0 spiro atoms. The molecule has 3 rings (SSSR count). The number of carbonyl (C=O) groups excluding carboxylic acids is 3. The summed E-state index contributed by atoms with van der Waals surface area (Å²) in [6.45, 7) is 0. The molecule has 2 heterocycles. The number of hydrogen-bond acceptors (Lipinski definition) is 7. The first-order valence-corrected chi connectivity index (χ1v) is 9.88. The molecule has 0 saturated carbocycles. The average molecular weight is 446 g/mol. The van der Waals surface area contributed by atoms with Crippen molar-refractivity contribution in [2.45, 2.75) is 17.1 Å². The molecule has 150 valence electrons. The summed E-state index contributed by atoms with van der Waals surface area (Å²) >= 11 is 13.4. The van der Waals surface area contributed by atoms with Crippen molar-refractivity contribution >= 4 is 52.7 Å². The van der Waals surface area contributed by atoms with Gasteiger partial charge in [-0.3, -0.25) is 14.5 Å². The fourth-order valence-corrected chi connectivity index (χ4v) is 4.95. The zero-order valence-corrected chi connectivity index (χ0v) is 17.2. The van der Waals surface area contributed by atoms with Gasteiger partial charge in [0.2, 0.25) is 5.91 Å². The lowest BCUT2D eigenvalue weighted by molar-refractivity contribution is -0.193. The molecule has 11 heteroatoms. The Bertz CT molecular complexity index is 880. The first-order chi connectivity index (χ1) is 13.3. The number of methoxy groups -OCH3 is 2. The number of nitrogens with one attached hydrogen (secondary N) is 1. The Balaban J connectivity index is 1.86. The number of benzene rings is 1. The van der Waals surface area contributed by atoms with Crippen molar-refractivity contribution in [3.8, 4) is 0 Å². The van der Waals surface area contributed by atoms with Crippen LogP contribution >= 0.6 is 35.0 Å². The van der Waals surface area contributed by atoms with Crippen LogP contribution in [0, 0.1) is 0 Å². The summed E-state index contributed by atoms with van der Waals surface area (Å²) in [5.41, 5.74) is 4.69. The molecular weight excluding hydrogens is 429 g/mol. The molecule has 8 nitrogen and oxygen atoms in total. The predicted molar refractivity (Wildman–Crippen MR) is 104 cm³/mol. The van der Waals surface area contributed by atoms with Gasteiger partial charge < -0.3 is 20.5 Å². The molecule has 3 atom stereocenters. The highest BCUT2D eigenvalue weighted by Gasteiger charge is 2.67. The van der Waals surface area contributed by atoms with Gasteiger partial charge in [0.05, 0.1) is 12.1 Å². The molecule has 2 aliphatic heterocycles. The van der Waals surface area contributed by atoms with Crippen molar-refractivity contribution in [3.05, 3.63) is 45.6 Å². The topological polar surface area (TPSA) is 111 Å². The Morgan fingerprint density at radius 1 is 1.36 bits per heavy atom. The van der Waals surface area contributed by atoms with Crippen LogP contribution in [0.25, 0.3) is 0 Å². The molecular formula is C17H17Cl2N3O5S. The number of nitrogens with zero attached hydrogens (tertiary/aromatic N) is 1. The van der Waals surface area contributed by atoms with E-state index in [9.17, 15) is 14.4 Å². The molecule has 3 N–H and O–H groups in total. The van der Waals surface area contributed by atoms with E-state index in [1.165, 1.54) is 26.0 Å². The largest absolute Gasteiger partial charge is 0.464 e. The highest BCUT2D eigenvalue weighted by atomic mass is 35.5. The Morgan fingerprint density at radius 2 is 2.04 bits per heavy atom. The van der Waals surface area contributed by atoms with E-state index in [2.05, 4.69) is 5.32 Å². The van der Waals surface area contributed by atoms with E-state index in [0.717, 1.165) is 4.90 Å². The molecule has 1 aromatic rings. The van der Waals surface area contributed by atoms with Gasteiger partial charge in [-0.1, -0.05) is 41.4 Å². The van der Waals surface area contributed by atoms with Gasteiger partial charge in [0.1, 0.15) is 17.1 Å². The SMILES string of the molecule is COC(=O)C1=C(Cl)CS[C@@H]2N1C(=O)C2(NC(=O)C(N)c1ccccc1Cl)OC. The van der Waals surface area contributed by atoms with E-state index in [1.807, 2.05) is 0 Å². The maximum Gasteiger partial charge on any atom is 0.356 e. The molecule has 28 heavy (non-hydrogen) atoms. The predicted octanol–water partition coefficient (Wildman–Crippen LogP) is 1.34. The molecule has 0 aromatic heterocycles. The van der Waals surface area contributed by atoms with E-state index in [0.29, 0.717) is 10.6 Å². The van der Waals surface area contributed by atoms with Crippen molar-refractivity contribution in [2.75, 3.05) is 20.0 Å². The summed E-state index contributed by atoms with van der Waals surface area (Å²) in [6, 6.07) is 5.52. The highest BCUT2D eigenvalue weighted by molar-refractivity contribution is 8.00. The summed E-state index contributed by atoms with van der Waals surface area (Å²) < 4.78 is 10.1. The molecule has 1 aromatic carbocycles. The highest BCUT2D eigenvalue weighted by Crippen LogP contribution is 2.47. The van der Waals surface area contributed by atoms with Crippen molar-refractivity contribution in [3.63, 3.8) is 0 Å². The number of β-lactam (4-membered cyclic amide) rings is 1. The zero-order valence-electron chi connectivity index (χ0n) is 14.9. The normalized spacial score (nSPS) is 25.0. The van der Waals surface area contributed by atoms with Crippen LogP contribution in [0.15, 0.2) is 35.0 Å². The molecule has 2 aliphatic rings. The summed E-state index contributed by atoms with van der Waals surface area (Å²) in [7, 11) is 2.48. The van der Waals surface area contributed by atoms with Gasteiger partial charge in [0.15, 0.2) is 0 Å². The Labute approximate surface area is 175 Å². The van der Waals surface area contributed by atoms with E-state index in [-0.39, 0.29) is 16.5 Å². The lowest BCUT2D eigenvalue weighted by atomic mass is 9.98. The second kappa shape index (κ2) is 7.92. The van der Waals surface area contributed by atoms with Crippen LogP contribution in [0.1, 0.15) is 11.6 Å². The lowest BCUT2D eigenvalue weighted by Gasteiger charge is -2.55. The summed E-state index contributed by atoms with van der Waals surface area (Å²) in [5, 5.41) is 2.38. The van der Waals surface area contributed by atoms with Crippen LogP contribution in [0.2, 0.25) is 5.02 Å². The quantitative estimate of drug-likeness (QED) is 0.399. The van der Waals surface area contributed by atoms with Crippen LogP contribution in [-0.2, 0) is 23.9 Å². The standard InChI is InChI=1S/C17H17Cl2N3O5S/c1-26-14(24)12-10(19)7-28-16-17(27-2,15(25)22(12)16)21-13(23)11(20)8-5-3-4-6-9(8)18/h3-6,11,16H,7,20H2,1-2H3,(H,21,23)/t11?,16-,17?/m0/s1. The first-order valence-electron chi connectivity index (χ1n) is 8.08. The van der Waals surface area contributed by atoms with Gasteiger partial charge in [0.25, 0.3) is 11.6 Å². The molecule has 1 saturated heterocycles. The fourth-order valence-electron chi connectivity index (χ4n) is 3.06. The van der Waals surface area contributed by atoms with E-state index < -0.39 is 34.9 Å². The monoisotopic (exact) mass is 445 g/mol. The third kappa shape index (κ3) is 3.17. The van der Waals surface area contributed by atoms with Gasteiger partial charge >= 0.3 is 5.97 Å². The van der Waals surface area contributed by atoms with Crippen molar-refractivity contribution in [1.29, 1.82) is 0 Å². The maximum atomic E-state index is 12.9. The number of thioether (sulfide) groups is 1. The second-order valence-corrected chi connectivity index (χ2v) is 7.94. The number of nitrogens with two attached hydrogens (primary N) is 1. The molecule has 2 unspecified atom stereocenters. The number of esters is 1. The van der Waals surface area contributed by atoms with Gasteiger partial charge in [-0.2, -0.15) is 0 Å². The van der Waals surface area contributed by atoms with E-state index in [1.54, 1.807) is 24.3 Å². The minimum Gasteiger partial charge on any atom is -0.464 e. The van der Waals surface area contributed by atoms with Crippen molar-refractivity contribution in [2.24, 2.45) is 5.73 Å². The number of amides is 2. The average Bonchev–Trinajstić information content (AvgIpc) is 2.70. The number of halogens is 2. The van der Waals surface area contributed by atoms with Gasteiger partial charge in [0, 0.05) is 17.9 Å². The Kier molecular flexibility index (Phi) is 5.92. The molecule has 0 aliphatic carbocycles. The maximum absolute atomic E-state index is 12.9. The number of carbonyl (C=O) groups is 3. The summed E-state index contributed by atoms with van der Waals surface area (Å²) in [4.78, 5) is 38.8. The lowest BCUT2D eigenvalue weighted by Crippen LogP contribution is -2.81. The van der Waals surface area contributed by atoms with Crippen molar-refractivity contribution in [1.82, 2.24) is 10.2 Å². The van der Waals surface area contributed by atoms with Crippen molar-refractivity contribution < 1.29 is 23.9 Å². The summed E-state index contributed by atoms with van der Waals surface area (Å²) in [5.74, 6) is -1.79. The third-order valence-corrected chi connectivity index (χ3v) is 6.65. The number of fused-ring (bicyclic) bond motifs is 1. The molecule has 0 radical (unpaired) electrons. The number of ether oxygens (including phenoxy) is 2. The molecule has 1 fully saturated rings. The molecule has 2 amide bonds. The molecule has 0 bridgehead atoms. The third-order valence-electron chi connectivity index (χ3n) is 4.52. The van der Waals surface area contributed by atoms with Crippen LogP contribution in [0.5, 0.6) is 0 Å².